The van der Waals surface area contributed by atoms with Gasteiger partial charge in [-0.15, -0.1) is 11.3 Å². The van der Waals surface area contributed by atoms with Crippen LogP contribution in [0.3, 0.4) is 0 Å². The van der Waals surface area contributed by atoms with Crippen LogP contribution in [-0.2, 0) is 16.0 Å². The Morgan fingerprint density at radius 3 is 3.06 bits per heavy atom. The molecule has 0 aromatic carbocycles. The molecule has 0 fully saturated rings. The second-order valence-corrected chi connectivity index (χ2v) is 4.47. The van der Waals surface area contributed by atoms with Crippen molar-refractivity contribution in [1.29, 1.82) is 0 Å². The number of ether oxygens (including phenoxy) is 1. The zero-order chi connectivity index (χ0) is 11.5. The standard InChI is InChI=1S/C10H11N3O2S/c1-7-6-11-10(16-7)13-4-3-8(12-13)5-9(14)15-2/h3-4,6H,5H2,1-2H3. The quantitative estimate of drug-likeness (QED) is 0.756. The smallest absolute Gasteiger partial charge is 0.311 e. The Labute approximate surface area is 96.7 Å². The summed E-state index contributed by atoms with van der Waals surface area (Å²) in [5.74, 6) is -0.291. The zero-order valence-electron chi connectivity index (χ0n) is 9.01. The third kappa shape index (κ3) is 2.27. The van der Waals surface area contributed by atoms with Crippen LogP contribution >= 0.6 is 11.3 Å². The minimum atomic E-state index is -0.291. The maximum Gasteiger partial charge on any atom is 0.311 e. The largest absolute Gasteiger partial charge is 0.469 e. The molecule has 0 radical (unpaired) electrons. The minimum Gasteiger partial charge on any atom is -0.469 e. The Kier molecular flexibility index (Phi) is 3.00. The highest BCUT2D eigenvalue weighted by Crippen LogP contribution is 2.15. The maximum atomic E-state index is 11.0. The van der Waals surface area contributed by atoms with Gasteiger partial charge in [0, 0.05) is 17.3 Å². The highest BCUT2D eigenvalue weighted by Gasteiger charge is 2.08. The summed E-state index contributed by atoms with van der Waals surface area (Å²) in [5.41, 5.74) is 0.680. The number of hydrogen-bond donors (Lipinski definition) is 0. The maximum absolute atomic E-state index is 11.0. The van der Waals surface area contributed by atoms with Crippen molar-refractivity contribution < 1.29 is 9.53 Å². The van der Waals surface area contributed by atoms with Crippen molar-refractivity contribution in [3.05, 3.63) is 29.0 Å². The average Bonchev–Trinajstić information content (AvgIpc) is 2.87. The molecule has 0 atom stereocenters. The van der Waals surface area contributed by atoms with E-state index in [1.807, 2.05) is 6.92 Å². The lowest BCUT2D eigenvalue weighted by Gasteiger charge is -1.95. The van der Waals surface area contributed by atoms with E-state index in [0.717, 1.165) is 10.0 Å². The van der Waals surface area contributed by atoms with Gasteiger partial charge in [0.2, 0.25) is 5.13 Å². The first kappa shape index (κ1) is 10.8. The van der Waals surface area contributed by atoms with Gasteiger partial charge < -0.3 is 4.74 Å². The summed E-state index contributed by atoms with van der Waals surface area (Å²) in [6, 6.07) is 1.79. The van der Waals surface area contributed by atoms with Crippen LogP contribution < -0.4 is 0 Å². The Balaban J connectivity index is 2.16. The molecule has 0 saturated carbocycles. The highest BCUT2D eigenvalue weighted by molar-refractivity contribution is 7.13. The van der Waals surface area contributed by atoms with Gasteiger partial charge in [0.1, 0.15) is 0 Å². The lowest BCUT2D eigenvalue weighted by atomic mass is 10.3. The van der Waals surface area contributed by atoms with Crippen molar-refractivity contribution in [3.8, 4) is 5.13 Å². The van der Waals surface area contributed by atoms with E-state index >= 15 is 0 Å². The first-order valence-electron chi connectivity index (χ1n) is 4.73. The van der Waals surface area contributed by atoms with E-state index in [-0.39, 0.29) is 12.4 Å². The summed E-state index contributed by atoms with van der Waals surface area (Å²) in [6.07, 6.45) is 3.77. The van der Waals surface area contributed by atoms with Gasteiger partial charge in [-0.3, -0.25) is 4.79 Å². The fourth-order valence-corrected chi connectivity index (χ4v) is 1.93. The number of carbonyl (C=O) groups excluding carboxylic acids is 1. The van der Waals surface area contributed by atoms with E-state index in [9.17, 15) is 4.79 Å². The van der Waals surface area contributed by atoms with Crippen LogP contribution in [0.4, 0.5) is 0 Å². The number of aromatic nitrogens is 3. The fraction of sp³-hybridized carbons (Fsp3) is 0.300. The molecule has 2 heterocycles. The predicted octanol–water partition coefficient (Wildman–Crippen LogP) is 1.35. The van der Waals surface area contributed by atoms with Crippen molar-refractivity contribution in [2.75, 3.05) is 7.11 Å². The molecule has 0 amide bonds. The molecule has 2 rings (SSSR count). The number of hydrogen-bond acceptors (Lipinski definition) is 5. The summed E-state index contributed by atoms with van der Waals surface area (Å²) in [7, 11) is 1.36. The van der Waals surface area contributed by atoms with Gasteiger partial charge in [0.05, 0.1) is 19.2 Å². The second-order valence-electron chi connectivity index (χ2n) is 3.26. The second kappa shape index (κ2) is 4.44. The lowest BCUT2D eigenvalue weighted by molar-refractivity contribution is -0.139. The van der Waals surface area contributed by atoms with Crippen LogP contribution in [0.25, 0.3) is 5.13 Å². The van der Waals surface area contributed by atoms with Crippen LogP contribution in [0.5, 0.6) is 0 Å². The molecule has 2 aromatic rings. The molecule has 2 aromatic heterocycles. The number of esters is 1. The number of aryl methyl sites for hydroxylation is 1. The van der Waals surface area contributed by atoms with Gasteiger partial charge >= 0.3 is 5.97 Å². The number of carbonyl (C=O) groups is 1. The van der Waals surface area contributed by atoms with Gasteiger partial charge in [-0.05, 0) is 13.0 Å². The third-order valence-electron chi connectivity index (χ3n) is 2.00. The van der Waals surface area contributed by atoms with Crippen LogP contribution in [0.1, 0.15) is 10.6 Å². The molecule has 5 nitrogen and oxygen atoms in total. The van der Waals surface area contributed by atoms with Gasteiger partial charge in [-0.2, -0.15) is 5.10 Å². The van der Waals surface area contributed by atoms with Gasteiger partial charge in [-0.25, -0.2) is 9.67 Å². The Hall–Kier alpha value is -1.69. The summed E-state index contributed by atoms with van der Waals surface area (Å²) in [4.78, 5) is 16.4. The molecule has 0 N–H and O–H groups in total. The molecule has 84 valence electrons. The normalized spacial score (nSPS) is 10.4. The molecule has 0 aliphatic rings. The molecule has 6 heteroatoms. The molecule has 0 saturated heterocycles. The molecule has 16 heavy (non-hydrogen) atoms. The third-order valence-corrected chi connectivity index (χ3v) is 2.90. The molecule has 0 bridgehead atoms. The van der Waals surface area contributed by atoms with Gasteiger partial charge in [0.25, 0.3) is 0 Å². The van der Waals surface area contributed by atoms with Crippen LogP contribution in [-0.4, -0.2) is 27.8 Å². The molecular weight excluding hydrogens is 226 g/mol. The predicted molar refractivity (Wildman–Crippen MR) is 59.7 cm³/mol. The summed E-state index contributed by atoms with van der Waals surface area (Å²) < 4.78 is 6.23. The monoisotopic (exact) mass is 237 g/mol. The minimum absolute atomic E-state index is 0.188. The molecule has 0 unspecified atom stereocenters. The Bertz CT molecular complexity index is 504. The fourth-order valence-electron chi connectivity index (χ4n) is 1.23. The van der Waals surface area contributed by atoms with E-state index in [0.29, 0.717) is 5.69 Å². The number of thiazole rings is 1. The van der Waals surface area contributed by atoms with Gasteiger partial charge in [0.15, 0.2) is 0 Å². The summed E-state index contributed by atoms with van der Waals surface area (Å²) in [6.45, 7) is 1.99. The van der Waals surface area contributed by atoms with Crippen molar-refractivity contribution in [2.24, 2.45) is 0 Å². The van der Waals surface area contributed by atoms with E-state index in [1.54, 1.807) is 34.5 Å². The SMILES string of the molecule is COC(=O)Cc1ccn(-c2ncc(C)s2)n1. The number of nitrogens with zero attached hydrogens (tertiary/aromatic N) is 3. The highest BCUT2D eigenvalue weighted by atomic mass is 32.1. The Morgan fingerprint density at radius 1 is 1.62 bits per heavy atom. The van der Waals surface area contributed by atoms with E-state index in [1.165, 1.54) is 7.11 Å². The molecular formula is C10H11N3O2S. The van der Waals surface area contributed by atoms with Gasteiger partial charge in [-0.1, -0.05) is 0 Å². The first-order chi connectivity index (χ1) is 7.69. The Morgan fingerprint density at radius 2 is 2.44 bits per heavy atom. The number of rotatable bonds is 3. The van der Waals surface area contributed by atoms with E-state index in [2.05, 4.69) is 14.8 Å². The average molecular weight is 237 g/mol. The molecule has 0 aliphatic heterocycles. The van der Waals surface area contributed by atoms with Crippen LogP contribution in [0.15, 0.2) is 18.5 Å². The number of methoxy groups -OCH3 is 1. The molecule has 0 aliphatic carbocycles. The van der Waals surface area contributed by atoms with Crippen molar-refractivity contribution in [1.82, 2.24) is 14.8 Å². The first-order valence-corrected chi connectivity index (χ1v) is 5.55. The van der Waals surface area contributed by atoms with E-state index in [4.69, 9.17) is 0 Å². The summed E-state index contributed by atoms with van der Waals surface area (Å²) >= 11 is 1.55. The van der Waals surface area contributed by atoms with Crippen molar-refractivity contribution >= 4 is 17.3 Å². The topological polar surface area (TPSA) is 57.0 Å². The van der Waals surface area contributed by atoms with E-state index < -0.39 is 0 Å². The molecule has 0 spiro atoms. The van der Waals surface area contributed by atoms with Crippen LogP contribution in [0, 0.1) is 6.92 Å². The lowest BCUT2D eigenvalue weighted by Crippen LogP contribution is -2.05. The van der Waals surface area contributed by atoms with Crippen LogP contribution in [0.2, 0.25) is 0 Å². The van der Waals surface area contributed by atoms with Crippen molar-refractivity contribution in [3.63, 3.8) is 0 Å². The summed E-state index contributed by atoms with van der Waals surface area (Å²) in [5, 5.41) is 5.05. The van der Waals surface area contributed by atoms with Crippen molar-refractivity contribution in [2.45, 2.75) is 13.3 Å². The zero-order valence-corrected chi connectivity index (χ0v) is 9.82.